The zero-order chi connectivity index (χ0) is 11.5. The normalized spacial score (nSPS) is 10.1. The van der Waals surface area contributed by atoms with Crippen LogP contribution in [0.25, 0.3) is 10.8 Å². The quantitative estimate of drug-likeness (QED) is 0.671. The molecule has 4 heteroatoms. The fourth-order valence-electron chi connectivity index (χ4n) is 1.54. The fourth-order valence-corrected chi connectivity index (χ4v) is 1.77. The first-order valence-corrected chi connectivity index (χ1v) is 5.52. The lowest BCUT2D eigenvalue weighted by atomic mass is 10.1. The average molecular weight is 280 g/mol. The molecule has 0 aliphatic carbocycles. The number of methoxy groups -OCH3 is 1. The molecule has 1 amide bonds. The Balaban J connectivity index is 2.43. The van der Waals surface area contributed by atoms with Crippen molar-refractivity contribution in [1.82, 2.24) is 0 Å². The number of fused-ring (bicyclic) bond motifs is 1. The van der Waals surface area contributed by atoms with Gasteiger partial charge in [-0.25, -0.2) is 0 Å². The number of benzene rings is 2. The number of rotatable bonds is 2. The molecule has 3 nitrogen and oxygen atoms in total. The van der Waals surface area contributed by atoms with Gasteiger partial charge in [-0.1, -0.05) is 12.1 Å². The number of carbonyl (C=O) groups excluding carboxylic acids is 1. The van der Waals surface area contributed by atoms with Crippen LogP contribution in [-0.4, -0.2) is 11.9 Å². The summed E-state index contributed by atoms with van der Waals surface area (Å²) < 4.78 is 5.14. The van der Waals surface area contributed by atoms with E-state index >= 15 is 0 Å². The van der Waals surface area contributed by atoms with E-state index < -0.39 is 0 Å². The van der Waals surface area contributed by atoms with Gasteiger partial charge in [0.15, 0.2) is 0 Å². The zero-order valence-corrected chi connectivity index (χ0v) is 10.2. The van der Waals surface area contributed by atoms with Crippen molar-refractivity contribution >= 4 is 37.2 Å². The summed E-state index contributed by atoms with van der Waals surface area (Å²) in [6, 6.07) is 11.5. The Labute approximate surface area is 102 Å². The van der Waals surface area contributed by atoms with Gasteiger partial charge in [0.2, 0.25) is 0 Å². The Morgan fingerprint density at radius 3 is 2.56 bits per heavy atom. The maximum Gasteiger partial charge on any atom is 0.291 e. The van der Waals surface area contributed by atoms with Gasteiger partial charge < -0.3 is 10.1 Å². The number of ether oxygens (including phenoxy) is 1. The second-order valence-corrected chi connectivity index (χ2v) is 4.05. The van der Waals surface area contributed by atoms with Crippen molar-refractivity contribution in [2.24, 2.45) is 0 Å². The maximum atomic E-state index is 10.8. The molecular weight excluding hydrogens is 270 g/mol. The van der Waals surface area contributed by atoms with Gasteiger partial charge in [0, 0.05) is 21.6 Å². The van der Waals surface area contributed by atoms with Crippen molar-refractivity contribution in [3.8, 4) is 5.75 Å². The first-order valence-electron chi connectivity index (χ1n) is 4.73. The fraction of sp³-hybridized carbons (Fsp3) is 0.0833. The minimum Gasteiger partial charge on any atom is -0.497 e. The van der Waals surface area contributed by atoms with Gasteiger partial charge in [-0.05, 0) is 35.0 Å². The van der Waals surface area contributed by atoms with Gasteiger partial charge in [0.1, 0.15) is 5.75 Å². The first kappa shape index (κ1) is 11.0. The van der Waals surface area contributed by atoms with Crippen molar-refractivity contribution in [3.05, 3.63) is 36.4 Å². The van der Waals surface area contributed by atoms with Crippen LogP contribution in [0, 0.1) is 0 Å². The molecule has 2 aromatic rings. The second-order valence-electron chi connectivity index (χ2n) is 3.33. The molecule has 1 N–H and O–H groups in total. The van der Waals surface area contributed by atoms with Crippen molar-refractivity contribution in [2.45, 2.75) is 0 Å². The van der Waals surface area contributed by atoms with Crippen LogP contribution >= 0.6 is 15.9 Å². The Kier molecular flexibility index (Phi) is 3.10. The molecule has 0 aromatic heterocycles. The van der Waals surface area contributed by atoms with Gasteiger partial charge in [0.25, 0.3) is 4.82 Å². The average Bonchev–Trinajstić information content (AvgIpc) is 2.27. The van der Waals surface area contributed by atoms with Crippen molar-refractivity contribution in [2.75, 3.05) is 12.4 Å². The Bertz CT molecular complexity index is 540. The van der Waals surface area contributed by atoms with Gasteiger partial charge >= 0.3 is 0 Å². The topological polar surface area (TPSA) is 38.3 Å². The Morgan fingerprint density at radius 2 is 1.88 bits per heavy atom. The third kappa shape index (κ3) is 2.33. The molecular formula is C12H10BrNO2. The van der Waals surface area contributed by atoms with Crippen LogP contribution in [0.1, 0.15) is 0 Å². The SMILES string of the molecule is COc1ccc2cc(NC(=O)Br)ccc2c1. The van der Waals surface area contributed by atoms with Gasteiger partial charge in [-0.3, -0.25) is 4.79 Å². The highest BCUT2D eigenvalue weighted by atomic mass is 79.9. The van der Waals surface area contributed by atoms with Crippen LogP contribution in [0.2, 0.25) is 0 Å². The largest absolute Gasteiger partial charge is 0.497 e. The molecule has 16 heavy (non-hydrogen) atoms. The van der Waals surface area contributed by atoms with E-state index in [1.54, 1.807) is 7.11 Å². The summed E-state index contributed by atoms with van der Waals surface area (Å²) in [5, 5.41) is 4.80. The van der Waals surface area contributed by atoms with Gasteiger partial charge in [-0.15, -0.1) is 0 Å². The number of hydrogen-bond acceptors (Lipinski definition) is 2. The molecule has 0 unspecified atom stereocenters. The van der Waals surface area contributed by atoms with Gasteiger partial charge in [0.05, 0.1) is 7.11 Å². The molecule has 0 fully saturated rings. The van der Waals surface area contributed by atoms with E-state index in [-0.39, 0.29) is 4.82 Å². The molecule has 0 spiro atoms. The predicted molar refractivity (Wildman–Crippen MR) is 68.4 cm³/mol. The second kappa shape index (κ2) is 4.53. The van der Waals surface area contributed by atoms with Gasteiger partial charge in [-0.2, -0.15) is 0 Å². The molecule has 2 rings (SSSR count). The lowest BCUT2D eigenvalue weighted by Crippen LogP contribution is -1.99. The molecule has 0 saturated carbocycles. The van der Waals surface area contributed by atoms with Crippen LogP contribution in [0.5, 0.6) is 5.75 Å². The predicted octanol–water partition coefficient (Wildman–Crippen LogP) is 3.78. The lowest BCUT2D eigenvalue weighted by Gasteiger charge is -2.05. The van der Waals surface area contributed by atoms with E-state index in [1.807, 2.05) is 36.4 Å². The number of hydrogen-bond donors (Lipinski definition) is 1. The van der Waals surface area contributed by atoms with E-state index in [9.17, 15) is 4.79 Å². The molecule has 0 aliphatic heterocycles. The van der Waals surface area contributed by atoms with E-state index in [1.165, 1.54) is 0 Å². The lowest BCUT2D eigenvalue weighted by molar-refractivity contribution is 0.270. The molecule has 0 heterocycles. The highest BCUT2D eigenvalue weighted by molar-refractivity contribution is 9.18. The highest BCUT2D eigenvalue weighted by Crippen LogP contribution is 2.23. The van der Waals surface area contributed by atoms with Crippen LogP contribution < -0.4 is 10.1 Å². The first-order chi connectivity index (χ1) is 7.69. The standard InChI is InChI=1S/C12H10BrNO2/c1-16-11-5-3-8-6-10(14-12(13)15)4-2-9(8)7-11/h2-7H,1H3,(H,14,15). The number of halogens is 1. The number of carbonyl (C=O) groups is 1. The van der Waals surface area contributed by atoms with Crippen LogP contribution in [0.3, 0.4) is 0 Å². The Morgan fingerprint density at radius 1 is 1.19 bits per heavy atom. The summed E-state index contributed by atoms with van der Waals surface area (Å²) in [6.07, 6.45) is 0. The number of amides is 1. The van der Waals surface area contributed by atoms with E-state index in [0.717, 1.165) is 22.2 Å². The monoisotopic (exact) mass is 279 g/mol. The summed E-state index contributed by atoms with van der Waals surface area (Å²) in [5.41, 5.74) is 0.763. The van der Waals surface area contributed by atoms with Crippen LogP contribution in [0.15, 0.2) is 36.4 Å². The number of nitrogens with one attached hydrogen (secondary N) is 1. The van der Waals surface area contributed by atoms with Crippen LogP contribution in [-0.2, 0) is 0 Å². The molecule has 0 bridgehead atoms. The van der Waals surface area contributed by atoms with E-state index in [2.05, 4.69) is 21.2 Å². The minimum absolute atomic E-state index is 0.250. The van der Waals surface area contributed by atoms with Crippen molar-refractivity contribution in [1.29, 1.82) is 0 Å². The molecule has 2 aromatic carbocycles. The third-order valence-electron chi connectivity index (χ3n) is 2.29. The maximum absolute atomic E-state index is 10.8. The molecule has 0 radical (unpaired) electrons. The minimum atomic E-state index is -0.250. The highest BCUT2D eigenvalue weighted by Gasteiger charge is 2.00. The van der Waals surface area contributed by atoms with Crippen molar-refractivity contribution < 1.29 is 9.53 Å². The smallest absolute Gasteiger partial charge is 0.291 e. The summed E-state index contributed by atoms with van der Waals surface area (Å²) in [5.74, 6) is 0.824. The molecule has 82 valence electrons. The molecule has 0 atom stereocenters. The van der Waals surface area contributed by atoms with E-state index in [0.29, 0.717) is 0 Å². The third-order valence-corrected chi connectivity index (χ3v) is 2.49. The Hall–Kier alpha value is -1.55. The molecule has 0 saturated heterocycles. The number of anilines is 1. The zero-order valence-electron chi connectivity index (χ0n) is 8.66. The molecule has 0 aliphatic rings. The van der Waals surface area contributed by atoms with Crippen molar-refractivity contribution in [3.63, 3.8) is 0 Å². The summed E-state index contributed by atoms with van der Waals surface area (Å²) in [6.45, 7) is 0. The summed E-state index contributed by atoms with van der Waals surface area (Å²) in [4.78, 5) is 10.6. The van der Waals surface area contributed by atoms with Crippen LogP contribution in [0.4, 0.5) is 10.5 Å². The summed E-state index contributed by atoms with van der Waals surface area (Å²) >= 11 is 2.83. The van der Waals surface area contributed by atoms with E-state index in [4.69, 9.17) is 4.74 Å². The summed E-state index contributed by atoms with van der Waals surface area (Å²) in [7, 11) is 1.64.